The molecule has 1 aromatic rings. The van der Waals surface area contributed by atoms with Crippen LogP contribution in [0.2, 0.25) is 0 Å². The molecule has 14 heteroatoms. The molecule has 0 heterocycles. The van der Waals surface area contributed by atoms with Gasteiger partial charge in [0, 0.05) is 0 Å². The number of benzene rings is 1. The van der Waals surface area contributed by atoms with Gasteiger partial charge in [-0.3, -0.25) is 14.1 Å². The number of hydrogen-bond acceptors (Lipinski definition) is 6. The van der Waals surface area contributed by atoms with Gasteiger partial charge in [-0.15, -0.1) is 0 Å². The molecule has 3 aliphatic rings. The molecule has 7 nitrogen and oxygen atoms in total. The Morgan fingerprint density at radius 3 is 1.86 bits per heavy atom. The van der Waals surface area contributed by atoms with E-state index in [1.807, 2.05) is 0 Å². The van der Waals surface area contributed by atoms with Gasteiger partial charge in [0.2, 0.25) is 6.10 Å². The van der Waals surface area contributed by atoms with Crippen LogP contribution < -0.4 is 4.74 Å². The van der Waals surface area contributed by atoms with Gasteiger partial charge in [-0.2, -0.15) is 21.6 Å². The van der Waals surface area contributed by atoms with Crippen molar-refractivity contribution >= 4 is 45.6 Å². The fourth-order valence-corrected chi connectivity index (χ4v) is 5.43. The fraction of sp³-hybridized carbons (Fsp3) is 0.545. The van der Waals surface area contributed by atoms with E-state index in [9.17, 15) is 31.2 Å². The molecule has 1 N–H and O–H groups in total. The second kappa shape index (κ2) is 11.0. The Kier molecular flexibility index (Phi) is 8.70. The quantitative estimate of drug-likeness (QED) is 0.174. The maximum Gasteiger partial charge on any atom is 0.426 e. The lowest BCUT2D eigenvalue weighted by Crippen LogP contribution is -2.49. The van der Waals surface area contributed by atoms with Crippen molar-refractivity contribution in [3.05, 3.63) is 41.0 Å². The Balaban J connectivity index is 1.91. The number of alkyl halides is 3. The molecule has 1 aromatic carbocycles. The molecule has 0 aliphatic heterocycles. The maximum atomic E-state index is 13.3. The van der Waals surface area contributed by atoms with Gasteiger partial charge >= 0.3 is 18.1 Å². The van der Waals surface area contributed by atoms with Crippen LogP contribution in [0.1, 0.15) is 29.5 Å². The highest BCUT2D eigenvalue weighted by Crippen LogP contribution is 2.46. The van der Waals surface area contributed by atoms with Crippen molar-refractivity contribution in [3.63, 3.8) is 0 Å². The predicted molar refractivity (Wildman–Crippen MR) is 125 cm³/mol. The van der Waals surface area contributed by atoms with Crippen LogP contribution >= 0.6 is 0 Å². The van der Waals surface area contributed by atoms with Gasteiger partial charge in [-0.1, -0.05) is 48.8 Å². The summed E-state index contributed by atoms with van der Waals surface area (Å²) in [6.07, 6.45) is -3.99. The minimum absolute atomic E-state index is 0.0194. The Morgan fingerprint density at radius 1 is 0.972 bits per heavy atom. The lowest BCUT2D eigenvalue weighted by molar-refractivity contribution is -0.220. The summed E-state index contributed by atoms with van der Waals surface area (Å²) < 4.78 is 81.2. The highest BCUT2D eigenvalue weighted by molar-refractivity contribution is 7.85. The lowest BCUT2D eigenvalue weighted by Gasteiger charge is -2.42. The number of halogens is 3. The van der Waals surface area contributed by atoms with Crippen LogP contribution in [0.15, 0.2) is 24.3 Å². The van der Waals surface area contributed by atoms with Crippen molar-refractivity contribution in [3.8, 4) is 5.75 Å². The number of carbonyl (C=O) groups is 2. The summed E-state index contributed by atoms with van der Waals surface area (Å²) in [4.78, 5) is 26.3. The molecule has 0 amide bonds. The Hall–Kier alpha value is -2.21. The molecule has 1 saturated carbocycles. The number of carbonyl (C=O) groups excluding carboxylic acids is 2. The van der Waals surface area contributed by atoms with E-state index in [0.717, 1.165) is 0 Å². The number of fused-ring (bicyclic) bond motifs is 2. The minimum Gasteiger partial charge on any atom is -0.451 e. The Bertz CT molecular complexity index is 1120. The molecule has 2 bridgehead atoms. The van der Waals surface area contributed by atoms with Gasteiger partial charge < -0.3 is 9.47 Å². The number of allylic oxidation sites excluding steroid dienone is 2. The molecule has 0 saturated heterocycles. The van der Waals surface area contributed by atoms with Crippen LogP contribution in [0, 0.1) is 23.7 Å². The first-order chi connectivity index (χ1) is 16.8. The monoisotopic (exact) mass is 520 g/mol. The number of ether oxygens (including phenoxy) is 2. The molecule has 0 spiro atoms. The van der Waals surface area contributed by atoms with E-state index in [-0.39, 0.29) is 24.7 Å². The minimum atomic E-state index is -5.26. The second-order valence-corrected chi connectivity index (χ2v) is 10.3. The van der Waals surface area contributed by atoms with Gasteiger partial charge in [0.25, 0.3) is 10.1 Å². The third kappa shape index (κ3) is 6.37. The summed E-state index contributed by atoms with van der Waals surface area (Å²) in [5.41, 5.74) is 1.58. The van der Waals surface area contributed by atoms with Crippen molar-refractivity contribution in [1.29, 1.82) is 0 Å². The first-order valence-electron chi connectivity index (χ1n) is 11.2. The first kappa shape index (κ1) is 28.4. The number of rotatable bonds is 9. The molecule has 3 aliphatic carbocycles. The van der Waals surface area contributed by atoms with Crippen molar-refractivity contribution in [2.24, 2.45) is 23.7 Å². The Morgan fingerprint density at radius 2 is 1.47 bits per heavy atom. The molecule has 6 radical (unpaired) electrons. The van der Waals surface area contributed by atoms with Gasteiger partial charge in [0.1, 0.15) is 11.5 Å². The van der Waals surface area contributed by atoms with E-state index in [1.165, 1.54) is 0 Å². The Labute approximate surface area is 211 Å². The summed E-state index contributed by atoms with van der Waals surface area (Å²) in [6.45, 7) is 0. The molecule has 5 atom stereocenters. The highest BCUT2D eigenvalue weighted by atomic mass is 32.2. The summed E-state index contributed by atoms with van der Waals surface area (Å²) in [7, 11) is 12.2. The largest absolute Gasteiger partial charge is 0.451 e. The number of hydrogen-bond donors (Lipinski definition) is 1. The van der Waals surface area contributed by atoms with Crippen LogP contribution in [-0.4, -0.2) is 66.5 Å². The molecular formula is C22H22B3F3O7S. The van der Waals surface area contributed by atoms with Crippen LogP contribution in [-0.2, 0) is 43.4 Å². The summed E-state index contributed by atoms with van der Waals surface area (Å²) in [5, 5.41) is 0. The van der Waals surface area contributed by atoms with E-state index in [1.54, 1.807) is 24.3 Å². The highest BCUT2D eigenvalue weighted by Gasteiger charge is 2.53. The topological polar surface area (TPSA) is 107 Å². The zero-order valence-corrected chi connectivity index (χ0v) is 19.9. The molecule has 36 heavy (non-hydrogen) atoms. The van der Waals surface area contributed by atoms with Crippen LogP contribution in [0.4, 0.5) is 13.2 Å². The van der Waals surface area contributed by atoms with Crippen molar-refractivity contribution < 1.29 is 45.2 Å². The molecule has 0 aromatic heterocycles. The van der Waals surface area contributed by atoms with Gasteiger partial charge in [0.15, 0.2) is 0 Å². The van der Waals surface area contributed by atoms with E-state index in [2.05, 4.69) is 4.74 Å². The number of esters is 2. The summed E-state index contributed by atoms with van der Waals surface area (Å²) in [5.74, 6) is -7.72. The molecule has 188 valence electrons. The fourth-order valence-electron chi connectivity index (χ4n) is 4.79. The maximum absolute atomic E-state index is 13.3. The van der Waals surface area contributed by atoms with Crippen molar-refractivity contribution in [2.75, 3.05) is 5.75 Å². The average molecular weight is 520 g/mol. The third-order valence-corrected chi connectivity index (χ3v) is 7.18. The normalized spacial score (nSPS) is 24.3. The second-order valence-electron chi connectivity index (χ2n) is 8.83. The van der Waals surface area contributed by atoms with Crippen LogP contribution in [0.5, 0.6) is 5.75 Å². The molecular weight excluding hydrogens is 498 g/mol. The van der Waals surface area contributed by atoms with Crippen LogP contribution in [0.25, 0.3) is 0 Å². The lowest BCUT2D eigenvalue weighted by atomic mass is 9.62. The molecule has 4 rings (SSSR count). The van der Waals surface area contributed by atoms with E-state index in [0.29, 0.717) is 29.5 Å². The van der Waals surface area contributed by atoms with Crippen molar-refractivity contribution in [2.45, 2.75) is 44.1 Å². The molecule has 5 unspecified atom stereocenters. The predicted octanol–water partition coefficient (Wildman–Crippen LogP) is 1.79. The average Bonchev–Trinajstić information content (AvgIpc) is 2.82. The van der Waals surface area contributed by atoms with E-state index < -0.39 is 63.8 Å². The molecule has 1 fully saturated rings. The summed E-state index contributed by atoms with van der Waals surface area (Å²) in [6, 6.07) is 3.29. The van der Waals surface area contributed by atoms with E-state index >= 15 is 0 Å². The van der Waals surface area contributed by atoms with Gasteiger partial charge in [0.05, 0.1) is 35.4 Å². The standard InChI is InChI=1S/C22H22B3F3O7S/c23-7-11-5-14(8-24)19(15(6-11)9-25)35-21(30)18-13-3-1-12(2-4-13)17(18)20(29)34-16(22(26,27)28)10-36(31,32)33/h1,3,5-6,12-13,16-18H,2,4,7-10H2,(H,31,32,33). The van der Waals surface area contributed by atoms with E-state index in [4.69, 9.17) is 32.8 Å². The zero-order valence-electron chi connectivity index (χ0n) is 19.1. The van der Waals surface area contributed by atoms with Gasteiger partial charge in [-0.05, 0) is 35.8 Å². The third-order valence-electron chi connectivity index (χ3n) is 6.46. The van der Waals surface area contributed by atoms with Gasteiger partial charge in [-0.25, -0.2) is 0 Å². The SMILES string of the molecule is [B]Cc1cc(C[B])c(OC(=O)C2C3C=CC(CC3)C2C(=O)OC(CS(=O)(=O)O)C(F)(F)F)c(C[B])c1. The summed E-state index contributed by atoms with van der Waals surface area (Å²) >= 11 is 0. The smallest absolute Gasteiger partial charge is 0.426 e. The first-order valence-corrected chi connectivity index (χ1v) is 12.8. The van der Waals surface area contributed by atoms with Crippen LogP contribution in [0.3, 0.4) is 0 Å². The van der Waals surface area contributed by atoms with Crippen molar-refractivity contribution in [1.82, 2.24) is 0 Å². The zero-order chi connectivity index (χ0) is 26.8.